The lowest BCUT2D eigenvalue weighted by Crippen LogP contribution is -2.33. The van der Waals surface area contributed by atoms with Crippen molar-refractivity contribution in [3.63, 3.8) is 0 Å². The highest BCUT2D eigenvalue weighted by Crippen LogP contribution is 2.37. The molecule has 0 saturated carbocycles. The van der Waals surface area contributed by atoms with E-state index in [1.54, 1.807) is 23.5 Å². The standard InChI is InChI=1S/C20H20N2OS2/c1-14-6-7-15-11-19(25-18(15)10-14)20(23)22-8-9-24-13-17-5-3-2-4-16(17)12-21/h2-7,10,19H,8-9,11,13H2,1H3,(H,22,23). The van der Waals surface area contributed by atoms with Gasteiger partial charge in [-0.25, -0.2) is 0 Å². The lowest BCUT2D eigenvalue weighted by Gasteiger charge is -2.10. The molecule has 1 heterocycles. The molecule has 3 rings (SSSR count). The van der Waals surface area contributed by atoms with E-state index in [2.05, 4.69) is 36.5 Å². The first kappa shape index (κ1) is 17.9. The summed E-state index contributed by atoms with van der Waals surface area (Å²) in [5, 5.41) is 12.1. The molecule has 2 aromatic carbocycles. The number of nitrogens with one attached hydrogen (secondary N) is 1. The third kappa shape index (κ3) is 4.59. The molecule has 5 heteroatoms. The van der Waals surface area contributed by atoms with Crippen LogP contribution in [0, 0.1) is 18.3 Å². The van der Waals surface area contributed by atoms with Gasteiger partial charge in [0.2, 0.25) is 5.91 Å². The fourth-order valence-electron chi connectivity index (χ4n) is 2.78. The van der Waals surface area contributed by atoms with E-state index in [0.29, 0.717) is 6.54 Å². The number of rotatable bonds is 6. The van der Waals surface area contributed by atoms with Gasteiger partial charge >= 0.3 is 0 Å². The molecule has 0 aliphatic carbocycles. The van der Waals surface area contributed by atoms with Crippen LogP contribution in [0.5, 0.6) is 0 Å². The minimum absolute atomic E-state index is 0.0129. The second kappa shape index (κ2) is 8.46. The third-order valence-electron chi connectivity index (χ3n) is 4.13. The van der Waals surface area contributed by atoms with Crippen molar-refractivity contribution in [3.05, 3.63) is 64.7 Å². The number of nitrogens with zero attached hydrogens (tertiary/aromatic N) is 1. The third-order valence-corrected chi connectivity index (χ3v) is 6.44. The molecule has 1 atom stereocenters. The summed E-state index contributed by atoms with van der Waals surface area (Å²) in [4.78, 5) is 13.6. The van der Waals surface area contributed by atoms with Crippen molar-refractivity contribution >= 4 is 29.4 Å². The number of thioether (sulfide) groups is 2. The minimum Gasteiger partial charge on any atom is -0.354 e. The summed E-state index contributed by atoms with van der Waals surface area (Å²) in [5.74, 6) is 1.76. The van der Waals surface area contributed by atoms with Crippen LogP contribution in [-0.4, -0.2) is 23.5 Å². The first-order chi connectivity index (χ1) is 12.2. The lowest BCUT2D eigenvalue weighted by molar-refractivity contribution is -0.120. The van der Waals surface area contributed by atoms with Gasteiger partial charge in [0.05, 0.1) is 16.9 Å². The maximum atomic E-state index is 12.3. The molecule has 3 nitrogen and oxygen atoms in total. The number of aryl methyl sites for hydroxylation is 1. The van der Waals surface area contributed by atoms with Crippen molar-refractivity contribution in [3.8, 4) is 6.07 Å². The number of carbonyl (C=O) groups is 1. The van der Waals surface area contributed by atoms with E-state index in [0.717, 1.165) is 29.1 Å². The zero-order valence-electron chi connectivity index (χ0n) is 14.1. The summed E-state index contributed by atoms with van der Waals surface area (Å²) in [6.07, 6.45) is 0.814. The minimum atomic E-state index is -0.0129. The van der Waals surface area contributed by atoms with Crippen LogP contribution in [0.15, 0.2) is 47.4 Å². The molecule has 0 bridgehead atoms. The Morgan fingerprint density at radius 1 is 1.36 bits per heavy atom. The van der Waals surface area contributed by atoms with Gasteiger partial charge in [-0.05, 0) is 36.6 Å². The molecule has 0 aromatic heterocycles. The maximum absolute atomic E-state index is 12.3. The highest BCUT2D eigenvalue weighted by molar-refractivity contribution is 8.01. The Hall–Kier alpha value is -1.90. The predicted octanol–water partition coefficient (Wildman–Crippen LogP) is 3.93. The molecule has 128 valence electrons. The van der Waals surface area contributed by atoms with Gasteiger partial charge in [0, 0.05) is 22.9 Å². The maximum Gasteiger partial charge on any atom is 0.233 e. The van der Waals surface area contributed by atoms with Crippen molar-refractivity contribution in [2.24, 2.45) is 0 Å². The number of hydrogen-bond donors (Lipinski definition) is 1. The lowest BCUT2D eigenvalue weighted by atomic mass is 10.1. The predicted molar refractivity (Wildman–Crippen MR) is 105 cm³/mol. The van der Waals surface area contributed by atoms with Crippen LogP contribution in [0.4, 0.5) is 0 Å². The molecule has 1 amide bonds. The number of fused-ring (bicyclic) bond motifs is 1. The van der Waals surface area contributed by atoms with E-state index in [-0.39, 0.29) is 11.2 Å². The van der Waals surface area contributed by atoms with E-state index in [9.17, 15) is 4.79 Å². The molecule has 1 N–H and O–H groups in total. The molecule has 1 aliphatic rings. The Labute approximate surface area is 157 Å². The Bertz CT molecular complexity index is 814. The zero-order valence-corrected chi connectivity index (χ0v) is 15.8. The van der Waals surface area contributed by atoms with Gasteiger partial charge in [-0.1, -0.05) is 35.9 Å². The fourth-order valence-corrected chi connectivity index (χ4v) is 4.96. The van der Waals surface area contributed by atoms with Crippen LogP contribution in [0.25, 0.3) is 0 Å². The second-order valence-electron chi connectivity index (χ2n) is 6.03. The summed E-state index contributed by atoms with van der Waals surface area (Å²) in [5.41, 5.74) is 4.30. The molecule has 1 aliphatic heterocycles. The number of benzene rings is 2. The number of amides is 1. The first-order valence-corrected chi connectivity index (χ1v) is 10.3. The van der Waals surface area contributed by atoms with Crippen LogP contribution in [0.2, 0.25) is 0 Å². The number of nitriles is 1. The van der Waals surface area contributed by atoms with Crippen molar-refractivity contribution in [2.45, 2.75) is 29.2 Å². The van der Waals surface area contributed by atoms with Gasteiger partial charge in [-0.2, -0.15) is 17.0 Å². The Morgan fingerprint density at radius 3 is 3.04 bits per heavy atom. The quantitative estimate of drug-likeness (QED) is 0.785. The zero-order chi connectivity index (χ0) is 17.6. The van der Waals surface area contributed by atoms with Gasteiger partial charge < -0.3 is 5.32 Å². The molecular weight excluding hydrogens is 348 g/mol. The number of carbonyl (C=O) groups excluding carboxylic acids is 1. The number of hydrogen-bond acceptors (Lipinski definition) is 4. The van der Waals surface area contributed by atoms with Gasteiger partial charge in [-0.3, -0.25) is 4.79 Å². The summed E-state index contributed by atoms with van der Waals surface area (Å²) >= 11 is 3.41. The fraction of sp³-hybridized carbons (Fsp3) is 0.300. The van der Waals surface area contributed by atoms with E-state index in [4.69, 9.17) is 5.26 Å². The average Bonchev–Trinajstić information content (AvgIpc) is 3.05. The summed E-state index contributed by atoms with van der Waals surface area (Å²) < 4.78 is 0. The summed E-state index contributed by atoms with van der Waals surface area (Å²) in [7, 11) is 0. The first-order valence-electron chi connectivity index (χ1n) is 8.27. The molecule has 25 heavy (non-hydrogen) atoms. The highest BCUT2D eigenvalue weighted by Gasteiger charge is 2.27. The van der Waals surface area contributed by atoms with Gasteiger partial charge in [0.25, 0.3) is 0 Å². The van der Waals surface area contributed by atoms with E-state index in [1.807, 2.05) is 24.3 Å². The normalized spacial score (nSPS) is 15.4. The SMILES string of the molecule is Cc1ccc2c(c1)SC(C(=O)NCCSCc1ccccc1C#N)C2. The summed E-state index contributed by atoms with van der Waals surface area (Å²) in [6, 6.07) is 16.3. The van der Waals surface area contributed by atoms with Crippen LogP contribution < -0.4 is 5.32 Å². The molecule has 0 saturated heterocycles. The monoisotopic (exact) mass is 368 g/mol. The smallest absolute Gasteiger partial charge is 0.233 e. The van der Waals surface area contributed by atoms with Gasteiger partial charge in [0.1, 0.15) is 0 Å². The highest BCUT2D eigenvalue weighted by atomic mass is 32.2. The molecule has 0 radical (unpaired) electrons. The van der Waals surface area contributed by atoms with Gasteiger partial charge in [0.15, 0.2) is 0 Å². The van der Waals surface area contributed by atoms with Crippen LogP contribution >= 0.6 is 23.5 Å². The van der Waals surface area contributed by atoms with Crippen molar-refractivity contribution in [2.75, 3.05) is 12.3 Å². The van der Waals surface area contributed by atoms with E-state index < -0.39 is 0 Å². The average molecular weight is 369 g/mol. The van der Waals surface area contributed by atoms with Crippen molar-refractivity contribution in [1.82, 2.24) is 5.32 Å². The Kier molecular flexibility index (Phi) is 6.06. The second-order valence-corrected chi connectivity index (χ2v) is 8.38. The van der Waals surface area contributed by atoms with E-state index in [1.165, 1.54) is 16.0 Å². The van der Waals surface area contributed by atoms with Crippen LogP contribution in [0.1, 0.15) is 22.3 Å². The van der Waals surface area contributed by atoms with Gasteiger partial charge in [-0.15, -0.1) is 11.8 Å². The van der Waals surface area contributed by atoms with Crippen LogP contribution in [-0.2, 0) is 17.0 Å². The Balaban J connectivity index is 1.40. The molecule has 0 fully saturated rings. The molecule has 0 spiro atoms. The van der Waals surface area contributed by atoms with Crippen molar-refractivity contribution < 1.29 is 4.79 Å². The Morgan fingerprint density at radius 2 is 2.20 bits per heavy atom. The molecule has 1 unspecified atom stereocenters. The van der Waals surface area contributed by atoms with Crippen LogP contribution in [0.3, 0.4) is 0 Å². The molecular formula is C20H20N2OS2. The van der Waals surface area contributed by atoms with E-state index >= 15 is 0 Å². The summed E-state index contributed by atoms with van der Waals surface area (Å²) in [6.45, 7) is 2.74. The topological polar surface area (TPSA) is 52.9 Å². The molecule has 2 aromatic rings. The largest absolute Gasteiger partial charge is 0.354 e. The van der Waals surface area contributed by atoms with Crippen molar-refractivity contribution in [1.29, 1.82) is 5.26 Å².